The fourth-order valence-electron chi connectivity index (χ4n) is 1.60. The van der Waals surface area contributed by atoms with Crippen LogP contribution in [0.3, 0.4) is 0 Å². The summed E-state index contributed by atoms with van der Waals surface area (Å²) in [6.45, 7) is 1.35. The molecule has 1 heterocycles. The highest BCUT2D eigenvalue weighted by atomic mass is 35.5. The number of carbonyl (C=O) groups is 1. The molecule has 4 N–H and O–H groups in total. The maximum absolute atomic E-state index is 12.5. The van der Waals surface area contributed by atoms with E-state index >= 15 is 0 Å². The molecule has 0 aliphatic heterocycles. The SMILES string of the molecule is NCCCCNC(=O)CCNc1ncc(C(F)(F)F)cc1Cl. The molecule has 1 aromatic heterocycles. The first-order valence-electron chi connectivity index (χ1n) is 6.78. The Morgan fingerprint density at radius 3 is 2.64 bits per heavy atom. The van der Waals surface area contributed by atoms with Crippen LogP contribution < -0.4 is 16.4 Å². The third kappa shape index (κ3) is 6.48. The summed E-state index contributed by atoms with van der Waals surface area (Å²) in [5.74, 6) is -0.0434. The van der Waals surface area contributed by atoms with E-state index in [1.807, 2.05) is 0 Å². The molecule has 0 aromatic carbocycles. The van der Waals surface area contributed by atoms with E-state index in [-0.39, 0.29) is 29.7 Å². The summed E-state index contributed by atoms with van der Waals surface area (Å²) in [6.07, 6.45) is -1.98. The number of halogens is 4. The van der Waals surface area contributed by atoms with Crippen LogP contribution in [0.1, 0.15) is 24.8 Å². The molecule has 9 heteroatoms. The third-order valence-corrected chi connectivity index (χ3v) is 3.05. The monoisotopic (exact) mass is 338 g/mol. The van der Waals surface area contributed by atoms with Crippen molar-refractivity contribution >= 4 is 23.3 Å². The van der Waals surface area contributed by atoms with Crippen LogP contribution in [0, 0.1) is 0 Å². The molecule has 1 amide bonds. The first-order valence-corrected chi connectivity index (χ1v) is 7.15. The summed E-state index contributed by atoms with van der Waals surface area (Å²) < 4.78 is 37.4. The van der Waals surface area contributed by atoms with E-state index in [1.165, 1.54) is 0 Å². The molecular formula is C13H18ClF3N4O. The van der Waals surface area contributed by atoms with Crippen molar-refractivity contribution in [3.05, 3.63) is 22.8 Å². The molecule has 0 saturated heterocycles. The highest BCUT2D eigenvalue weighted by Gasteiger charge is 2.31. The minimum Gasteiger partial charge on any atom is -0.368 e. The van der Waals surface area contributed by atoms with Gasteiger partial charge in [-0.2, -0.15) is 13.2 Å². The van der Waals surface area contributed by atoms with Gasteiger partial charge in [-0.1, -0.05) is 11.6 Å². The zero-order valence-corrected chi connectivity index (χ0v) is 12.6. The largest absolute Gasteiger partial charge is 0.417 e. The first-order chi connectivity index (χ1) is 10.3. The number of rotatable bonds is 8. The number of nitrogens with zero attached hydrogens (tertiary/aromatic N) is 1. The van der Waals surface area contributed by atoms with Gasteiger partial charge in [0.05, 0.1) is 10.6 Å². The highest BCUT2D eigenvalue weighted by molar-refractivity contribution is 6.32. The lowest BCUT2D eigenvalue weighted by Crippen LogP contribution is -2.26. The van der Waals surface area contributed by atoms with Crippen LogP contribution in [-0.4, -0.2) is 30.5 Å². The van der Waals surface area contributed by atoms with E-state index in [0.29, 0.717) is 19.3 Å². The van der Waals surface area contributed by atoms with Crippen LogP contribution in [0.5, 0.6) is 0 Å². The van der Waals surface area contributed by atoms with Gasteiger partial charge in [0.2, 0.25) is 5.91 Å². The number of alkyl halides is 3. The molecule has 5 nitrogen and oxygen atoms in total. The number of amides is 1. The van der Waals surface area contributed by atoms with E-state index in [1.54, 1.807) is 0 Å². The highest BCUT2D eigenvalue weighted by Crippen LogP contribution is 2.32. The van der Waals surface area contributed by atoms with Crippen LogP contribution in [0.4, 0.5) is 19.0 Å². The normalized spacial score (nSPS) is 11.3. The summed E-state index contributed by atoms with van der Waals surface area (Å²) in [4.78, 5) is 15.1. The van der Waals surface area contributed by atoms with Gasteiger partial charge in [0.1, 0.15) is 5.82 Å². The van der Waals surface area contributed by atoms with E-state index in [4.69, 9.17) is 17.3 Å². The van der Waals surface area contributed by atoms with E-state index in [9.17, 15) is 18.0 Å². The van der Waals surface area contributed by atoms with Gasteiger partial charge >= 0.3 is 6.18 Å². The average Bonchev–Trinajstić information content (AvgIpc) is 2.44. The Kier molecular flexibility index (Phi) is 7.40. The minimum absolute atomic E-state index is 0.116. The summed E-state index contributed by atoms with van der Waals surface area (Å²) in [5.41, 5.74) is 4.41. The molecule has 22 heavy (non-hydrogen) atoms. The Morgan fingerprint density at radius 2 is 2.05 bits per heavy atom. The van der Waals surface area contributed by atoms with Crippen molar-refractivity contribution in [3.8, 4) is 0 Å². The van der Waals surface area contributed by atoms with Crippen molar-refractivity contribution in [3.63, 3.8) is 0 Å². The van der Waals surface area contributed by atoms with Crippen LogP contribution in [0.25, 0.3) is 0 Å². The van der Waals surface area contributed by atoms with Crippen molar-refractivity contribution in [2.75, 3.05) is 25.0 Å². The molecule has 0 radical (unpaired) electrons. The molecule has 124 valence electrons. The van der Waals surface area contributed by atoms with Crippen molar-refractivity contribution < 1.29 is 18.0 Å². The molecular weight excluding hydrogens is 321 g/mol. The Balaban J connectivity index is 2.37. The van der Waals surface area contributed by atoms with Crippen LogP contribution >= 0.6 is 11.6 Å². The summed E-state index contributed by atoms with van der Waals surface area (Å²) in [6, 6.07) is 0.795. The molecule has 0 fully saturated rings. The van der Waals surface area contributed by atoms with E-state index in [2.05, 4.69) is 15.6 Å². The Hall–Kier alpha value is -1.54. The average molecular weight is 339 g/mol. The molecule has 1 aromatic rings. The predicted octanol–water partition coefficient (Wildman–Crippen LogP) is 2.41. The van der Waals surface area contributed by atoms with Gasteiger partial charge in [0.25, 0.3) is 0 Å². The molecule has 0 bridgehead atoms. The maximum atomic E-state index is 12.5. The quantitative estimate of drug-likeness (QED) is 0.636. The molecule has 0 spiro atoms. The number of pyridine rings is 1. The predicted molar refractivity (Wildman–Crippen MR) is 78.7 cm³/mol. The fraction of sp³-hybridized carbons (Fsp3) is 0.538. The zero-order chi connectivity index (χ0) is 16.6. The van der Waals surface area contributed by atoms with Gasteiger partial charge in [-0.25, -0.2) is 4.98 Å². The summed E-state index contributed by atoms with van der Waals surface area (Å²) in [5, 5.41) is 5.30. The lowest BCUT2D eigenvalue weighted by Gasteiger charge is -2.11. The van der Waals surface area contributed by atoms with Crippen molar-refractivity contribution in [2.45, 2.75) is 25.4 Å². The number of anilines is 1. The van der Waals surface area contributed by atoms with Crippen molar-refractivity contribution in [1.29, 1.82) is 0 Å². The minimum atomic E-state index is -4.49. The number of hydrogen-bond acceptors (Lipinski definition) is 4. The van der Waals surface area contributed by atoms with Gasteiger partial charge in [0.15, 0.2) is 0 Å². The first kappa shape index (κ1) is 18.5. The Labute approximate surface area is 131 Å². The number of nitrogens with one attached hydrogen (secondary N) is 2. The van der Waals surface area contributed by atoms with Crippen LogP contribution in [-0.2, 0) is 11.0 Å². The Morgan fingerprint density at radius 1 is 1.32 bits per heavy atom. The standard InChI is InChI=1S/C13H18ClF3N4O/c14-10-7-9(13(15,16)17)8-21-12(10)20-6-3-11(22)19-5-2-1-4-18/h7-8H,1-6,18H2,(H,19,22)(H,20,21). The maximum Gasteiger partial charge on any atom is 0.417 e. The summed E-state index contributed by atoms with van der Waals surface area (Å²) >= 11 is 5.73. The summed E-state index contributed by atoms with van der Waals surface area (Å²) in [7, 11) is 0. The second-order valence-corrected chi connectivity index (χ2v) is 4.98. The lowest BCUT2D eigenvalue weighted by atomic mass is 10.2. The molecule has 0 saturated carbocycles. The number of hydrogen-bond donors (Lipinski definition) is 3. The van der Waals surface area contributed by atoms with Gasteiger partial charge in [-0.3, -0.25) is 4.79 Å². The number of nitrogens with two attached hydrogens (primary N) is 1. The van der Waals surface area contributed by atoms with Gasteiger partial charge in [0, 0.05) is 25.7 Å². The molecule has 0 atom stereocenters. The molecule has 0 aliphatic carbocycles. The molecule has 0 unspecified atom stereocenters. The fourth-order valence-corrected chi connectivity index (χ4v) is 1.84. The molecule has 1 rings (SSSR count). The number of unbranched alkanes of at least 4 members (excludes halogenated alkanes) is 1. The second-order valence-electron chi connectivity index (χ2n) is 4.57. The number of aromatic nitrogens is 1. The van der Waals surface area contributed by atoms with Crippen molar-refractivity contribution in [2.24, 2.45) is 5.73 Å². The van der Waals surface area contributed by atoms with Crippen LogP contribution in [0.2, 0.25) is 5.02 Å². The second kappa shape index (κ2) is 8.79. The van der Waals surface area contributed by atoms with E-state index in [0.717, 1.165) is 18.9 Å². The third-order valence-electron chi connectivity index (χ3n) is 2.77. The van der Waals surface area contributed by atoms with Crippen LogP contribution in [0.15, 0.2) is 12.3 Å². The van der Waals surface area contributed by atoms with Crippen molar-refractivity contribution in [1.82, 2.24) is 10.3 Å². The van der Waals surface area contributed by atoms with Gasteiger partial charge in [-0.15, -0.1) is 0 Å². The smallest absolute Gasteiger partial charge is 0.368 e. The number of carbonyl (C=O) groups excluding carboxylic acids is 1. The zero-order valence-electron chi connectivity index (χ0n) is 11.8. The van der Waals surface area contributed by atoms with E-state index < -0.39 is 11.7 Å². The van der Waals surface area contributed by atoms with Gasteiger partial charge in [-0.05, 0) is 25.5 Å². The van der Waals surface area contributed by atoms with Gasteiger partial charge < -0.3 is 16.4 Å². The lowest BCUT2D eigenvalue weighted by molar-refractivity contribution is -0.137. The topological polar surface area (TPSA) is 80.0 Å². The molecule has 0 aliphatic rings. The Bertz CT molecular complexity index is 497.